The molecular formula is C60H114N2O9. The Balaban J connectivity index is 0.000000820. The Morgan fingerprint density at radius 3 is 1.46 bits per heavy atom. The van der Waals surface area contributed by atoms with Crippen LogP contribution in [0.4, 0.5) is 0 Å². The Morgan fingerprint density at radius 2 is 0.972 bits per heavy atom. The van der Waals surface area contributed by atoms with E-state index < -0.39 is 55.2 Å². The van der Waals surface area contributed by atoms with Crippen molar-refractivity contribution in [2.75, 3.05) is 13.2 Å². The number of amides is 1. The Kier molecular flexibility index (Phi) is 42.9. The van der Waals surface area contributed by atoms with Crippen molar-refractivity contribution in [3.8, 4) is 0 Å². The zero-order valence-electron chi connectivity index (χ0n) is 47.3. The smallest absolute Gasteiger partial charge is 0.222 e. The summed E-state index contributed by atoms with van der Waals surface area (Å²) in [5, 5.41) is 24.8. The van der Waals surface area contributed by atoms with E-state index in [1.807, 2.05) is 27.7 Å². The van der Waals surface area contributed by atoms with Crippen LogP contribution in [0.25, 0.3) is 0 Å². The van der Waals surface area contributed by atoms with Gasteiger partial charge in [0.1, 0.15) is 30.5 Å². The number of unbranched alkanes of at least 4 members (excludes halogenated alkanes) is 19. The first-order valence-corrected chi connectivity index (χ1v) is 29.7. The molecule has 1 amide bonds. The minimum Gasteiger partial charge on any atom is -0.471 e. The van der Waals surface area contributed by atoms with E-state index in [1.54, 1.807) is 24.7 Å². The number of aliphatic hydroxyl groups is 2. The minimum absolute atomic E-state index is 0.0321. The molecule has 0 radical (unpaired) electrons. The van der Waals surface area contributed by atoms with Crippen LogP contribution in [-0.2, 0) is 33.2 Å². The van der Waals surface area contributed by atoms with Crippen molar-refractivity contribution in [3.05, 3.63) is 36.8 Å². The van der Waals surface area contributed by atoms with Gasteiger partial charge < -0.3 is 49.7 Å². The molecule has 12 atom stereocenters. The Hall–Kier alpha value is -1.99. The predicted octanol–water partition coefficient (Wildman–Crippen LogP) is 14.5. The second kappa shape index (κ2) is 45.4. The van der Waals surface area contributed by atoms with Gasteiger partial charge in [-0.3, -0.25) is 4.79 Å². The van der Waals surface area contributed by atoms with E-state index in [0.717, 1.165) is 25.7 Å². The molecule has 0 aromatic heterocycles. The third-order valence-electron chi connectivity index (χ3n) is 14.3. The van der Waals surface area contributed by atoms with Gasteiger partial charge in [-0.2, -0.15) is 0 Å². The van der Waals surface area contributed by atoms with Crippen molar-refractivity contribution in [3.63, 3.8) is 0 Å². The molecule has 71 heavy (non-hydrogen) atoms. The number of hydrogen-bond acceptors (Lipinski definition) is 10. The summed E-state index contributed by atoms with van der Waals surface area (Å²) in [6, 6.07) is -1.07. The maximum absolute atomic E-state index is 13.1. The lowest BCUT2D eigenvalue weighted by atomic mass is 9.94. The topological polar surface area (TPSA) is 151 Å². The summed E-state index contributed by atoms with van der Waals surface area (Å²) >= 11 is 0. The van der Waals surface area contributed by atoms with Gasteiger partial charge >= 0.3 is 0 Å². The maximum atomic E-state index is 13.1. The van der Waals surface area contributed by atoms with Crippen LogP contribution in [0.2, 0.25) is 0 Å². The van der Waals surface area contributed by atoms with E-state index in [0.29, 0.717) is 44.3 Å². The summed E-state index contributed by atoms with van der Waals surface area (Å²) in [5.74, 6) is 1.16. The molecule has 11 heteroatoms. The predicted molar refractivity (Wildman–Crippen MR) is 295 cm³/mol. The molecule has 11 nitrogen and oxygen atoms in total. The van der Waals surface area contributed by atoms with Crippen molar-refractivity contribution in [1.82, 2.24) is 5.32 Å². The number of nitrogens with two attached hydrogens (primary N) is 1. The number of allylic oxidation sites excluding steroid dienone is 4. The van der Waals surface area contributed by atoms with Crippen LogP contribution in [0.3, 0.4) is 0 Å². The number of hydrogen-bond donors (Lipinski definition) is 4. The van der Waals surface area contributed by atoms with Gasteiger partial charge in [0.2, 0.25) is 18.5 Å². The molecule has 0 aromatic rings. The fraction of sp³-hybridized carbons (Fsp3) is 0.883. The molecular weight excluding hydrogens is 893 g/mol. The van der Waals surface area contributed by atoms with Crippen LogP contribution < -0.4 is 11.1 Å². The van der Waals surface area contributed by atoms with Crippen molar-refractivity contribution in [1.29, 1.82) is 0 Å². The van der Waals surface area contributed by atoms with Gasteiger partial charge in [0.15, 0.2) is 0 Å². The van der Waals surface area contributed by atoms with Gasteiger partial charge in [0.25, 0.3) is 0 Å². The van der Waals surface area contributed by atoms with Crippen molar-refractivity contribution >= 4 is 5.91 Å². The molecule has 2 rings (SSSR count). The monoisotopic (exact) mass is 1010 g/mol. The number of ether oxygens (including phenoxy) is 6. The molecule has 0 aromatic carbocycles. The van der Waals surface area contributed by atoms with E-state index in [2.05, 4.69) is 52.1 Å². The highest BCUT2D eigenvalue weighted by Gasteiger charge is 2.47. The quantitative estimate of drug-likeness (QED) is 0.0264. The van der Waals surface area contributed by atoms with E-state index in [4.69, 9.17) is 34.2 Å². The number of rotatable bonds is 42. The van der Waals surface area contributed by atoms with Gasteiger partial charge in [0.05, 0.1) is 30.8 Å². The largest absolute Gasteiger partial charge is 0.471 e. The third kappa shape index (κ3) is 31.5. The van der Waals surface area contributed by atoms with Gasteiger partial charge in [-0.1, -0.05) is 201 Å². The van der Waals surface area contributed by atoms with Gasteiger partial charge in [0, 0.05) is 19.6 Å². The van der Waals surface area contributed by atoms with Crippen molar-refractivity contribution < 1.29 is 43.4 Å². The summed E-state index contributed by atoms with van der Waals surface area (Å²) in [4.78, 5) is 13.1. The van der Waals surface area contributed by atoms with E-state index >= 15 is 0 Å². The molecule has 0 aliphatic carbocycles. The summed E-state index contributed by atoms with van der Waals surface area (Å²) in [5.41, 5.74) is 6.25. The second-order valence-corrected chi connectivity index (χ2v) is 21.0. The maximum Gasteiger partial charge on any atom is 0.222 e. The molecule has 2 fully saturated rings. The van der Waals surface area contributed by atoms with Crippen LogP contribution in [0.15, 0.2) is 36.8 Å². The zero-order valence-corrected chi connectivity index (χ0v) is 47.3. The molecule has 2 saturated heterocycles. The van der Waals surface area contributed by atoms with Gasteiger partial charge in [-0.05, 0) is 83.5 Å². The van der Waals surface area contributed by atoms with Crippen LogP contribution >= 0.6 is 0 Å². The van der Waals surface area contributed by atoms with E-state index in [9.17, 15) is 15.0 Å². The molecule has 418 valence electrons. The highest BCUT2D eigenvalue weighted by molar-refractivity contribution is 5.76. The molecule has 5 N–H and O–H groups in total. The number of carbonyl (C=O) groups is 1. The van der Waals surface area contributed by atoms with Crippen molar-refractivity contribution in [2.24, 2.45) is 17.6 Å². The fourth-order valence-electron chi connectivity index (χ4n) is 9.55. The van der Waals surface area contributed by atoms with Crippen LogP contribution in [0.1, 0.15) is 255 Å². The molecule has 0 spiro atoms. The SMILES string of the molecule is C/C=C\O[C@H]1O[C@H](CC)[C@@H](O)[C@H](OCC[C@H](C)CCCCCCC)[C@H]1N.C/C=C\O[C@H]1O[C@H](CC)[C@@H](O)[C@H](OCC[C@H](C)CCCCCCC)[C@H]1NC(=O)CCCCCCCCC/C=C\CCCCCC. The van der Waals surface area contributed by atoms with E-state index in [1.165, 1.54) is 148 Å². The van der Waals surface area contributed by atoms with Crippen LogP contribution in [-0.4, -0.2) is 90.6 Å². The second-order valence-electron chi connectivity index (χ2n) is 21.0. The average molecular weight is 1010 g/mol. The lowest BCUT2D eigenvalue weighted by molar-refractivity contribution is -0.258. The van der Waals surface area contributed by atoms with Gasteiger partial charge in [-0.15, -0.1) is 0 Å². The minimum atomic E-state index is -0.823. The van der Waals surface area contributed by atoms with Crippen molar-refractivity contribution in [2.45, 2.75) is 316 Å². The summed E-state index contributed by atoms with van der Waals surface area (Å²) in [7, 11) is 0. The average Bonchev–Trinajstić information content (AvgIpc) is 3.36. The summed E-state index contributed by atoms with van der Waals surface area (Å²) in [6.07, 6.45) is 42.1. The molecule has 0 saturated carbocycles. The first-order chi connectivity index (χ1) is 34.5. The Morgan fingerprint density at radius 1 is 0.563 bits per heavy atom. The Labute approximate surface area is 437 Å². The number of aliphatic hydroxyl groups excluding tert-OH is 2. The van der Waals surface area contributed by atoms with Crippen LogP contribution in [0.5, 0.6) is 0 Å². The Bertz CT molecular complexity index is 1300. The number of carbonyl (C=O) groups excluding carboxylic acids is 1. The molecule has 0 unspecified atom stereocenters. The lowest BCUT2D eigenvalue weighted by Gasteiger charge is -2.44. The molecule has 2 heterocycles. The summed E-state index contributed by atoms with van der Waals surface area (Å²) < 4.78 is 35.7. The van der Waals surface area contributed by atoms with Crippen LogP contribution in [0, 0.1) is 11.8 Å². The first-order valence-electron chi connectivity index (χ1n) is 29.7. The number of nitrogens with one attached hydrogen (secondary N) is 1. The van der Waals surface area contributed by atoms with Gasteiger partial charge in [-0.25, -0.2) is 0 Å². The highest BCUT2D eigenvalue weighted by Crippen LogP contribution is 2.29. The zero-order chi connectivity index (χ0) is 52.3. The standard InChI is InChI=1S/C39H73NO5.C21H41NO4/c1-6-10-12-14-15-16-17-18-19-20-21-22-23-25-27-29-35(41)40-36-38(37(42)34(9-4)45-39(36)44-31-8-3)43-32-30-33(5)28-26-24-13-11-7-2;1-5-8-9-10-11-12-16(4)13-15-24-20-18(22)21(25-14-6-2)26-17(7-3)19(20)23/h8,16-17,31,33-34,36-39,42H,6-7,9-15,18-30,32H2,1-5H3,(H,40,41);6,14,16-21,23H,5,7-13,15,22H2,1-4H3/b17-16-,31-8-;14-6-/t33-,34-,36-,37-,38-,39+;16-,17-,18-,19-,20-,21+/m11/s1. The molecule has 2 aliphatic rings. The lowest BCUT2D eigenvalue weighted by Crippen LogP contribution is -2.64. The fourth-order valence-corrected chi connectivity index (χ4v) is 9.55. The summed E-state index contributed by atoms with van der Waals surface area (Å²) in [6.45, 7) is 20.2. The normalized spacial score (nSPS) is 25.6. The van der Waals surface area contributed by atoms with E-state index in [-0.39, 0.29) is 12.0 Å². The first kappa shape index (κ1) is 67.0. The molecule has 2 aliphatic heterocycles. The highest BCUT2D eigenvalue weighted by atomic mass is 16.7. The third-order valence-corrected chi connectivity index (χ3v) is 14.3. The molecule has 0 bridgehead atoms.